The number of ketones is 2. The molecular formula is C27H25FN2O7. The van der Waals surface area contributed by atoms with Crippen LogP contribution in [0.2, 0.25) is 0 Å². The molecule has 3 aliphatic carbocycles. The van der Waals surface area contributed by atoms with Crippen LogP contribution in [0.15, 0.2) is 59.1 Å². The van der Waals surface area contributed by atoms with Gasteiger partial charge in [-0.3, -0.25) is 19.3 Å². The third-order valence-electron chi connectivity index (χ3n) is 7.76. The maximum atomic E-state index is 13.7. The van der Waals surface area contributed by atoms with Gasteiger partial charge in [0.2, 0.25) is 5.78 Å². The number of fused-ring (bicyclic) bond motifs is 3. The van der Waals surface area contributed by atoms with Crippen LogP contribution in [0, 0.1) is 17.7 Å². The molecule has 0 aliphatic heterocycles. The van der Waals surface area contributed by atoms with Crippen LogP contribution in [0.5, 0.6) is 5.75 Å². The van der Waals surface area contributed by atoms with Gasteiger partial charge in [-0.1, -0.05) is 18.2 Å². The summed E-state index contributed by atoms with van der Waals surface area (Å²) in [5, 5.41) is 44.4. The zero-order chi connectivity index (χ0) is 27.0. The van der Waals surface area contributed by atoms with Crippen LogP contribution in [0.25, 0.3) is 11.1 Å². The number of primary amides is 1. The molecule has 1 amide bonds. The fraction of sp³-hybridized carbons (Fsp3) is 0.296. The molecule has 0 saturated heterocycles. The molecule has 4 atom stereocenters. The predicted molar refractivity (Wildman–Crippen MR) is 129 cm³/mol. The fourth-order valence-corrected chi connectivity index (χ4v) is 6.15. The maximum absolute atomic E-state index is 13.7. The number of aromatic hydroxyl groups is 1. The molecule has 0 radical (unpaired) electrons. The summed E-state index contributed by atoms with van der Waals surface area (Å²) in [5.41, 5.74) is 3.14. The molecule has 37 heavy (non-hydrogen) atoms. The number of allylic oxidation sites excluding steroid dienone is 1. The molecule has 2 aromatic carbocycles. The van der Waals surface area contributed by atoms with E-state index >= 15 is 0 Å². The summed E-state index contributed by atoms with van der Waals surface area (Å²) >= 11 is 0. The van der Waals surface area contributed by atoms with Crippen molar-refractivity contribution in [3.8, 4) is 16.9 Å². The van der Waals surface area contributed by atoms with Gasteiger partial charge in [-0.2, -0.15) is 0 Å². The lowest BCUT2D eigenvalue weighted by molar-refractivity contribution is -0.148. The SMILES string of the molecule is CN(C)C1C(O)=C(C(N)=O)C(=O)[C@@]2(O)C(O)=C3C(=O)c4c(O)ccc(-c5ccc(F)cc5)c4C[C@H]3C[C@@H]12. The van der Waals surface area contributed by atoms with E-state index < -0.39 is 63.9 Å². The first-order valence-electron chi connectivity index (χ1n) is 11.6. The highest BCUT2D eigenvalue weighted by Crippen LogP contribution is 2.53. The van der Waals surface area contributed by atoms with Crippen LogP contribution >= 0.6 is 0 Å². The summed E-state index contributed by atoms with van der Waals surface area (Å²) in [7, 11) is 3.13. The van der Waals surface area contributed by atoms with Crippen LogP contribution in [0.3, 0.4) is 0 Å². The van der Waals surface area contributed by atoms with Crippen molar-refractivity contribution in [1.29, 1.82) is 0 Å². The van der Waals surface area contributed by atoms with Crippen LogP contribution in [0.1, 0.15) is 22.3 Å². The van der Waals surface area contributed by atoms with Gasteiger partial charge in [-0.15, -0.1) is 0 Å². The lowest BCUT2D eigenvalue weighted by Gasteiger charge is -2.50. The number of phenols is 1. The average molecular weight is 509 g/mol. The summed E-state index contributed by atoms with van der Waals surface area (Å²) in [6.45, 7) is 0. The molecule has 0 spiro atoms. The van der Waals surface area contributed by atoms with E-state index in [4.69, 9.17) is 5.73 Å². The van der Waals surface area contributed by atoms with Crippen LogP contribution in [-0.4, -0.2) is 68.5 Å². The van der Waals surface area contributed by atoms with Gasteiger partial charge in [0.1, 0.15) is 28.7 Å². The topological polar surface area (TPSA) is 161 Å². The average Bonchev–Trinajstić information content (AvgIpc) is 2.82. The highest BCUT2D eigenvalue weighted by atomic mass is 19.1. The van der Waals surface area contributed by atoms with Gasteiger partial charge in [-0.25, -0.2) is 4.39 Å². The molecule has 10 heteroatoms. The van der Waals surface area contributed by atoms with Crippen molar-refractivity contribution < 1.29 is 39.2 Å². The molecule has 0 fully saturated rings. The zero-order valence-corrected chi connectivity index (χ0v) is 20.0. The molecule has 192 valence electrons. The van der Waals surface area contributed by atoms with E-state index in [2.05, 4.69) is 0 Å². The third kappa shape index (κ3) is 3.32. The van der Waals surface area contributed by atoms with Crippen molar-refractivity contribution in [2.75, 3.05) is 14.1 Å². The molecule has 0 saturated carbocycles. The minimum absolute atomic E-state index is 0.00965. The number of halogens is 1. The number of nitrogens with two attached hydrogens (primary N) is 1. The standard InChI is InChI=1S/C27H25FN2O7/c1-30(2)21-16-10-12-9-15-14(11-3-5-13(28)6-4-11)7-8-17(31)19(15)22(32)18(12)24(34)27(16,37)25(35)20(23(21)33)26(29)36/h3-8,12,16,21,31,33-34,37H,9-10H2,1-2H3,(H2,29,36)/t12-,16-,21?,27-/m0/s1. The van der Waals surface area contributed by atoms with E-state index in [0.29, 0.717) is 16.7 Å². The summed E-state index contributed by atoms with van der Waals surface area (Å²) < 4.78 is 13.5. The first-order chi connectivity index (χ1) is 17.4. The predicted octanol–water partition coefficient (Wildman–Crippen LogP) is 1.93. The molecule has 0 heterocycles. The number of Topliss-reactive ketones (excluding diaryl/α,β-unsaturated/α-hetero) is 2. The van der Waals surface area contributed by atoms with E-state index in [1.165, 1.54) is 23.1 Å². The van der Waals surface area contributed by atoms with Gasteiger partial charge >= 0.3 is 0 Å². The molecule has 5 rings (SSSR count). The Labute approximate surface area is 210 Å². The molecule has 9 nitrogen and oxygen atoms in total. The van der Waals surface area contributed by atoms with E-state index in [0.717, 1.165) is 0 Å². The number of benzene rings is 2. The number of carbonyl (C=O) groups excluding carboxylic acids is 3. The fourth-order valence-electron chi connectivity index (χ4n) is 6.15. The Morgan fingerprint density at radius 2 is 1.73 bits per heavy atom. The van der Waals surface area contributed by atoms with Crippen LogP contribution in [0.4, 0.5) is 4.39 Å². The van der Waals surface area contributed by atoms with Gasteiger partial charge in [0.15, 0.2) is 11.4 Å². The van der Waals surface area contributed by atoms with Gasteiger partial charge in [0, 0.05) is 11.5 Å². The minimum Gasteiger partial charge on any atom is -0.510 e. The summed E-state index contributed by atoms with van der Waals surface area (Å²) in [6, 6.07) is 7.51. The number of carbonyl (C=O) groups is 3. The normalized spacial score (nSPS) is 27.2. The van der Waals surface area contributed by atoms with Gasteiger partial charge < -0.3 is 26.2 Å². The van der Waals surface area contributed by atoms with Crippen molar-refractivity contribution >= 4 is 17.5 Å². The second-order valence-corrected chi connectivity index (χ2v) is 9.96. The van der Waals surface area contributed by atoms with Crippen molar-refractivity contribution in [2.24, 2.45) is 17.6 Å². The Kier molecular flexibility index (Phi) is 5.50. The van der Waals surface area contributed by atoms with Crippen LogP contribution < -0.4 is 5.73 Å². The second kappa shape index (κ2) is 8.25. The van der Waals surface area contributed by atoms with E-state index in [9.17, 15) is 39.2 Å². The number of aliphatic hydroxyl groups excluding tert-OH is 2. The Hall–Kier alpha value is -4.02. The summed E-state index contributed by atoms with van der Waals surface area (Å²) in [6.07, 6.45) is 0.139. The number of nitrogens with zero attached hydrogens (tertiary/aromatic N) is 1. The number of hydrogen-bond acceptors (Lipinski definition) is 8. The first-order valence-corrected chi connectivity index (χ1v) is 11.6. The van der Waals surface area contributed by atoms with Gasteiger partial charge in [0.05, 0.1) is 11.6 Å². The Morgan fingerprint density at radius 1 is 1.08 bits per heavy atom. The number of hydrogen-bond donors (Lipinski definition) is 5. The molecule has 3 aliphatic rings. The lowest BCUT2D eigenvalue weighted by Crippen LogP contribution is -2.63. The van der Waals surface area contributed by atoms with Gasteiger partial charge in [-0.05, 0) is 67.7 Å². The number of phenolic OH excluding ortho intramolecular Hbond substituents is 1. The van der Waals surface area contributed by atoms with Crippen molar-refractivity contribution in [2.45, 2.75) is 24.5 Å². The minimum atomic E-state index is -2.69. The number of rotatable bonds is 3. The highest BCUT2D eigenvalue weighted by molar-refractivity contribution is 6.24. The van der Waals surface area contributed by atoms with E-state index in [1.807, 2.05) is 0 Å². The third-order valence-corrected chi connectivity index (χ3v) is 7.76. The molecule has 0 bridgehead atoms. The Balaban J connectivity index is 1.72. The second-order valence-electron chi connectivity index (χ2n) is 9.96. The summed E-state index contributed by atoms with van der Waals surface area (Å²) in [4.78, 5) is 40.6. The zero-order valence-electron chi connectivity index (χ0n) is 20.0. The van der Waals surface area contributed by atoms with Crippen molar-refractivity contribution in [3.63, 3.8) is 0 Å². The van der Waals surface area contributed by atoms with Crippen molar-refractivity contribution in [1.82, 2.24) is 4.90 Å². The van der Waals surface area contributed by atoms with Crippen molar-refractivity contribution in [3.05, 3.63) is 76.0 Å². The Bertz CT molecular complexity index is 1440. The molecule has 2 aromatic rings. The largest absolute Gasteiger partial charge is 0.510 e. The number of likely N-dealkylation sites (N-methyl/N-ethyl adjacent to an activating group) is 1. The molecule has 6 N–H and O–H groups in total. The monoisotopic (exact) mass is 508 g/mol. The lowest BCUT2D eigenvalue weighted by atomic mass is 9.58. The maximum Gasteiger partial charge on any atom is 0.255 e. The number of amides is 1. The van der Waals surface area contributed by atoms with E-state index in [1.54, 1.807) is 32.3 Å². The smallest absolute Gasteiger partial charge is 0.255 e. The van der Waals surface area contributed by atoms with Gasteiger partial charge in [0.25, 0.3) is 5.91 Å². The van der Waals surface area contributed by atoms with Crippen LogP contribution in [-0.2, 0) is 16.0 Å². The first kappa shape index (κ1) is 24.7. The summed E-state index contributed by atoms with van der Waals surface area (Å²) in [5.74, 6) is -7.46. The molecule has 0 aromatic heterocycles. The quantitative estimate of drug-likeness (QED) is 0.393. The molecular weight excluding hydrogens is 483 g/mol. The van der Waals surface area contributed by atoms with E-state index in [-0.39, 0.29) is 29.7 Å². The molecule has 1 unspecified atom stereocenters. The number of aliphatic hydroxyl groups is 3. The highest BCUT2D eigenvalue weighted by Gasteiger charge is 2.63. The Morgan fingerprint density at radius 3 is 2.32 bits per heavy atom.